The molecular formula is C21H28N2O5. The maximum atomic E-state index is 12.7. The molecule has 7 heteroatoms. The van der Waals surface area contributed by atoms with E-state index in [4.69, 9.17) is 18.9 Å². The fourth-order valence-corrected chi connectivity index (χ4v) is 2.89. The third-order valence-corrected chi connectivity index (χ3v) is 4.49. The maximum Gasteiger partial charge on any atom is 0.251 e. The van der Waals surface area contributed by atoms with Gasteiger partial charge in [0, 0.05) is 18.2 Å². The number of ether oxygens (including phenoxy) is 4. The predicted octanol–water partition coefficient (Wildman–Crippen LogP) is 2.75. The number of nitrogens with one attached hydrogen (secondary N) is 1. The molecule has 0 aromatic heterocycles. The highest BCUT2D eigenvalue weighted by atomic mass is 16.5. The van der Waals surface area contributed by atoms with Gasteiger partial charge in [0.25, 0.3) is 5.91 Å². The van der Waals surface area contributed by atoms with Crippen molar-refractivity contribution in [2.75, 3.05) is 49.1 Å². The number of amides is 1. The molecule has 0 saturated carbocycles. The summed E-state index contributed by atoms with van der Waals surface area (Å²) >= 11 is 0. The highest BCUT2D eigenvalue weighted by Crippen LogP contribution is 2.31. The number of hydrogen-bond donors (Lipinski definition) is 1. The lowest BCUT2D eigenvalue weighted by molar-refractivity contribution is 0.0941. The molecule has 0 aliphatic heterocycles. The second-order valence-electron chi connectivity index (χ2n) is 6.41. The summed E-state index contributed by atoms with van der Waals surface area (Å²) in [5.74, 6) is 2.23. The Morgan fingerprint density at radius 2 is 1.50 bits per heavy atom. The molecule has 1 N–H and O–H groups in total. The molecule has 1 atom stereocenters. The topological polar surface area (TPSA) is 69.3 Å². The van der Waals surface area contributed by atoms with Crippen molar-refractivity contribution in [3.63, 3.8) is 0 Å². The van der Waals surface area contributed by atoms with E-state index in [2.05, 4.69) is 5.32 Å². The van der Waals surface area contributed by atoms with Gasteiger partial charge in [-0.05, 0) is 43.9 Å². The Bertz CT molecular complexity index is 785. The smallest absolute Gasteiger partial charge is 0.251 e. The lowest BCUT2D eigenvalue weighted by Crippen LogP contribution is -2.34. The van der Waals surface area contributed by atoms with Gasteiger partial charge >= 0.3 is 0 Å². The van der Waals surface area contributed by atoms with Gasteiger partial charge in [-0.3, -0.25) is 4.79 Å². The van der Waals surface area contributed by atoms with Crippen LogP contribution in [-0.4, -0.2) is 59.9 Å². The minimum atomic E-state index is -0.204. The average molecular weight is 388 g/mol. The van der Waals surface area contributed by atoms with E-state index in [1.54, 1.807) is 46.6 Å². The Kier molecular flexibility index (Phi) is 7.52. The summed E-state index contributed by atoms with van der Waals surface area (Å²) in [4.78, 5) is 14.7. The monoisotopic (exact) mass is 388 g/mol. The van der Waals surface area contributed by atoms with Gasteiger partial charge in [-0.25, -0.2) is 0 Å². The number of carbonyl (C=O) groups is 1. The second kappa shape index (κ2) is 9.85. The second-order valence-corrected chi connectivity index (χ2v) is 6.41. The van der Waals surface area contributed by atoms with E-state index in [1.807, 2.05) is 37.2 Å². The van der Waals surface area contributed by atoms with Crippen molar-refractivity contribution < 1.29 is 23.7 Å². The fraction of sp³-hybridized carbons (Fsp3) is 0.381. The molecule has 0 bridgehead atoms. The zero-order valence-corrected chi connectivity index (χ0v) is 17.2. The van der Waals surface area contributed by atoms with Gasteiger partial charge < -0.3 is 29.2 Å². The normalized spacial score (nSPS) is 11.7. The van der Waals surface area contributed by atoms with Gasteiger partial charge in [-0.1, -0.05) is 6.07 Å². The molecule has 0 heterocycles. The first-order valence-electron chi connectivity index (χ1n) is 8.83. The van der Waals surface area contributed by atoms with E-state index in [9.17, 15) is 4.79 Å². The molecule has 0 radical (unpaired) electrons. The standard InChI is InChI=1S/C21H28N2O5/c1-23(2)18(14-7-8-19(27-5)20(11-14)28-6)13-22-21(24)15-9-16(25-3)12-17(10-15)26-4/h7-12,18H,13H2,1-6H3,(H,22,24). The Balaban J connectivity index is 2.19. The first kappa shape index (κ1) is 21.4. The van der Waals surface area contributed by atoms with Gasteiger partial charge in [-0.15, -0.1) is 0 Å². The first-order valence-corrected chi connectivity index (χ1v) is 8.83. The quantitative estimate of drug-likeness (QED) is 0.712. The van der Waals surface area contributed by atoms with Crippen molar-refractivity contribution in [2.24, 2.45) is 0 Å². The van der Waals surface area contributed by atoms with Crippen LogP contribution in [0.5, 0.6) is 23.0 Å². The maximum absolute atomic E-state index is 12.7. The van der Waals surface area contributed by atoms with Crippen molar-refractivity contribution in [3.05, 3.63) is 47.5 Å². The number of rotatable bonds is 9. The third kappa shape index (κ3) is 5.07. The lowest BCUT2D eigenvalue weighted by Gasteiger charge is -2.26. The van der Waals surface area contributed by atoms with Crippen LogP contribution in [0.15, 0.2) is 36.4 Å². The molecule has 0 spiro atoms. The number of carbonyl (C=O) groups excluding carboxylic acids is 1. The van der Waals surface area contributed by atoms with Crippen LogP contribution in [0.3, 0.4) is 0 Å². The Hall–Kier alpha value is -2.93. The number of benzene rings is 2. The van der Waals surface area contributed by atoms with Crippen molar-refractivity contribution in [2.45, 2.75) is 6.04 Å². The van der Waals surface area contributed by atoms with Crippen molar-refractivity contribution in [3.8, 4) is 23.0 Å². The largest absolute Gasteiger partial charge is 0.497 e. The summed E-state index contributed by atoms with van der Waals surface area (Å²) in [5.41, 5.74) is 1.48. The van der Waals surface area contributed by atoms with Crippen LogP contribution in [0.2, 0.25) is 0 Å². The van der Waals surface area contributed by atoms with Crippen LogP contribution >= 0.6 is 0 Å². The summed E-state index contributed by atoms with van der Waals surface area (Å²) in [5, 5.41) is 2.98. The van der Waals surface area contributed by atoms with E-state index < -0.39 is 0 Å². The minimum Gasteiger partial charge on any atom is -0.497 e. The van der Waals surface area contributed by atoms with E-state index in [0.29, 0.717) is 35.1 Å². The Morgan fingerprint density at radius 3 is 2.00 bits per heavy atom. The molecule has 152 valence electrons. The highest BCUT2D eigenvalue weighted by Gasteiger charge is 2.18. The number of nitrogens with zero attached hydrogens (tertiary/aromatic N) is 1. The zero-order valence-electron chi connectivity index (χ0n) is 17.2. The van der Waals surface area contributed by atoms with E-state index in [1.165, 1.54) is 0 Å². The van der Waals surface area contributed by atoms with E-state index in [0.717, 1.165) is 5.56 Å². The minimum absolute atomic E-state index is 0.0451. The summed E-state index contributed by atoms with van der Waals surface area (Å²) in [6, 6.07) is 10.8. The number of likely N-dealkylation sites (N-methyl/N-ethyl adjacent to an activating group) is 1. The van der Waals surface area contributed by atoms with Crippen LogP contribution in [0.4, 0.5) is 0 Å². The molecule has 2 aromatic carbocycles. The molecular weight excluding hydrogens is 360 g/mol. The van der Waals surface area contributed by atoms with E-state index >= 15 is 0 Å². The summed E-state index contributed by atoms with van der Waals surface area (Å²) in [6.07, 6.45) is 0. The molecule has 28 heavy (non-hydrogen) atoms. The molecule has 0 saturated heterocycles. The molecule has 0 aliphatic rings. The fourth-order valence-electron chi connectivity index (χ4n) is 2.89. The first-order chi connectivity index (χ1) is 13.4. The van der Waals surface area contributed by atoms with Crippen LogP contribution < -0.4 is 24.3 Å². The van der Waals surface area contributed by atoms with Crippen LogP contribution in [0.1, 0.15) is 22.0 Å². The van der Waals surface area contributed by atoms with E-state index in [-0.39, 0.29) is 11.9 Å². The van der Waals surface area contributed by atoms with Gasteiger partial charge in [0.05, 0.1) is 34.5 Å². The van der Waals surface area contributed by atoms with Gasteiger partial charge in [0.1, 0.15) is 11.5 Å². The Labute approximate surface area is 166 Å². The zero-order chi connectivity index (χ0) is 20.7. The van der Waals surface area contributed by atoms with Gasteiger partial charge in [0.2, 0.25) is 0 Å². The molecule has 0 aliphatic carbocycles. The average Bonchev–Trinajstić information content (AvgIpc) is 2.72. The van der Waals surface area contributed by atoms with Crippen LogP contribution in [-0.2, 0) is 0 Å². The molecule has 2 aromatic rings. The summed E-state index contributed by atoms with van der Waals surface area (Å²) in [7, 11) is 10.2. The predicted molar refractivity (Wildman–Crippen MR) is 108 cm³/mol. The molecule has 1 unspecified atom stereocenters. The molecule has 7 nitrogen and oxygen atoms in total. The van der Waals surface area contributed by atoms with Crippen LogP contribution in [0, 0.1) is 0 Å². The molecule has 0 fully saturated rings. The third-order valence-electron chi connectivity index (χ3n) is 4.49. The van der Waals surface area contributed by atoms with Crippen molar-refractivity contribution >= 4 is 5.91 Å². The summed E-state index contributed by atoms with van der Waals surface area (Å²) in [6.45, 7) is 0.418. The summed E-state index contributed by atoms with van der Waals surface area (Å²) < 4.78 is 21.2. The van der Waals surface area contributed by atoms with Gasteiger partial charge in [0.15, 0.2) is 11.5 Å². The Morgan fingerprint density at radius 1 is 0.893 bits per heavy atom. The van der Waals surface area contributed by atoms with Crippen molar-refractivity contribution in [1.82, 2.24) is 10.2 Å². The lowest BCUT2D eigenvalue weighted by atomic mass is 10.0. The van der Waals surface area contributed by atoms with Crippen molar-refractivity contribution in [1.29, 1.82) is 0 Å². The SMILES string of the molecule is COc1cc(OC)cc(C(=O)NCC(c2ccc(OC)c(OC)c2)N(C)C)c1. The van der Waals surface area contributed by atoms with Crippen LogP contribution in [0.25, 0.3) is 0 Å². The highest BCUT2D eigenvalue weighted by molar-refractivity contribution is 5.95. The molecule has 1 amide bonds. The van der Waals surface area contributed by atoms with Gasteiger partial charge in [-0.2, -0.15) is 0 Å². The number of methoxy groups -OCH3 is 4. The molecule has 2 rings (SSSR count). The number of hydrogen-bond acceptors (Lipinski definition) is 6.